The lowest BCUT2D eigenvalue weighted by Gasteiger charge is -2.07. The summed E-state index contributed by atoms with van der Waals surface area (Å²) >= 11 is 1.41. The molecule has 0 atom stereocenters. The number of nitrogens with zero attached hydrogens (tertiary/aromatic N) is 4. The minimum Gasteiger partial charge on any atom is -0.347 e. The largest absolute Gasteiger partial charge is 0.347 e. The van der Waals surface area contributed by atoms with Crippen molar-refractivity contribution in [2.24, 2.45) is 0 Å². The van der Waals surface area contributed by atoms with Crippen molar-refractivity contribution in [1.29, 1.82) is 0 Å². The van der Waals surface area contributed by atoms with Gasteiger partial charge in [-0.1, -0.05) is 36.4 Å². The molecule has 3 aromatic heterocycles. The molecular formula is C21H19N5OS. The Balaban J connectivity index is 1.43. The molecule has 3 heterocycles. The Hall–Kier alpha value is -3.32. The van der Waals surface area contributed by atoms with Crippen LogP contribution in [0.2, 0.25) is 0 Å². The van der Waals surface area contributed by atoms with Gasteiger partial charge in [-0.05, 0) is 25.5 Å². The van der Waals surface area contributed by atoms with Crippen LogP contribution in [0.15, 0.2) is 61.1 Å². The first-order chi connectivity index (χ1) is 13.6. The molecule has 4 rings (SSSR count). The van der Waals surface area contributed by atoms with Crippen molar-refractivity contribution < 1.29 is 4.79 Å². The number of carbonyl (C=O) groups excluding carboxylic acids is 1. The lowest BCUT2D eigenvalue weighted by Crippen LogP contribution is -2.22. The van der Waals surface area contributed by atoms with E-state index < -0.39 is 0 Å². The van der Waals surface area contributed by atoms with Crippen molar-refractivity contribution >= 4 is 17.2 Å². The van der Waals surface area contributed by atoms with Crippen LogP contribution in [0.3, 0.4) is 0 Å². The molecule has 0 aliphatic carbocycles. The number of carbonyl (C=O) groups is 1. The van der Waals surface area contributed by atoms with E-state index in [0.29, 0.717) is 11.4 Å². The molecule has 0 aliphatic heterocycles. The molecule has 1 N–H and O–H groups in total. The Morgan fingerprint density at radius 3 is 2.61 bits per heavy atom. The summed E-state index contributed by atoms with van der Waals surface area (Å²) < 4.78 is 1.91. The van der Waals surface area contributed by atoms with E-state index in [0.717, 1.165) is 33.5 Å². The van der Waals surface area contributed by atoms with E-state index in [1.807, 2.05) is 67.1 Å². The van der Waals surface area contributed by atoms with E-state index >= 15 is 0 Å². The van der Waals surface area contributed by atoms with E-state index in [1.165, 1.54) is 11.3 Å². The third-order valence-electron chi connectivity index (χ3n) is 4.36. The lowest BCUT2D eigenvalue weighted by molar-refractivity contribution is 0.0954. The van der Waals surface area contributed by atoms with Crippen molar-refractivity contribution in [1.82, 2.24) is 24.8 Å². The Morgan fingerprint density at radius 1 is 1.11 bits per heavy atom. The van der Waals surface area contributed by atoms with Gasteiger partial charge in [-0.15, -0.1) is 11.3 Å². The van der Waals surface area contributed by atoms with E-state index in [9.17, 15) is 4.79 Å². The second-order valence-electron chi connectivity index (χ2n) is 6.35. The van der Waals surface area contributed by atoms with Gasteiger partial charge in [0.2, 0.25) is 0 Å². The highest BCUT2D eigenvalue weighted by molar-refractivity contribution is 7.17. The maximum Gasteiger partial charge on any atom is 0.263 e. The number of pyridine rings is 1. The number of benzene rings is 1. The van der Waals surface area contributed by atoms with Crippen molar-refractivity contribution in [3.8, 4) is 16.4 Å². The first kappa shape index (κ1) is 18.1. The molecule has 0 bridgehead atoms. The second kappa shape index (κ2) is 7.74. The summed E-state index contributed by atoms with van der Waals surface area (Å²) in [6.45, 7) is 4.20. The van der Waals surface area contributed by atoms with Gasteiger partial charge in [0.05, 0.1) is 5.69 Å². The first-order valence-electron chi connectivity index (χ1n) is 8.88. The molecule has 6 nitrogen and oxygen atoms in total. The minimum atomic E-state index is -0.119. The van der Waals surface area contributed by atoms with Gasteiger partial charge in [0, 0.05) is 30.7 Å². The summed E-state index contributed by atoms with van der Waals surface area (Å²) in [6.07, 6.45) is 5.38. The van der Waals surface area contributed by atoms with E-state index in [-0.39, 0.29) is 5.91 Å². The number of hydrogen-bond acceptors (Lipinski definition) is 5. The zero-order valence-electron chi connectivity index (χ0n) is 15.6. The molecule has 0 saturated heterocycles. The molecule has 7 heteroatoms. The van der Waals surface area contributed by atoms with Crippen LogP contribution in [0, 0.1) is 13.8 Å². The maximum atomic E-state index is 12.6. The van der Waals surface area contributed by atoms with Crippen LogP contribution in [0.25, 0.3) is 16.4 Å². The van der Waals surface area contributed by atoms with Gasteiger partial charge in [-0.3, -0.25) is 9.36 Å². The minimum absolute atomic E-state index is 0.119. The molecule has 1 amide bonds. The highest BCUT2D eigenvalue weighted by Gasteiger charge is 2.16. The van der Waals surface area contributed by atoms with Gasteiger partial charge in [0.25, 0.3) is 5.91 Å². The fourth-order valence-corrected chi connectivity index (χ4v) is 3.85. The smallest absolute Gasteiger partial charge is 0.263 e. The van der Waals surface area contributed by atoms with E-state index in [4.69, 9.17) is 0 Å². The van der Waals surface area contributed by atoms with Crippen molar-refractivity contribution in [3.63, 3.8) is 0 Å². The number of imidazole rings is 1. The zero-order chi connectivity index (χ0) is 19.5. The Kier molecular flexibility index (Phi) is 4.99. The van der Waals surface area contributed by atoms with Crippen molar-refractivity contribution in [2.75, 3.05) is 0 Å². The summed E-state index contributed by atoms with van der Waals surface area (Å²) in [7, 11) is 0. The average molecular weight is 389 g/mol. The van der Waals surface area contributed by atoms with Gasteiger partial charge < -0.3 is 5.32 Å². The summed E-state index contributed by atoms with van der Waals surface area (Å²) in [5.41, 5.74) is 2.69. The molecular weight excluding hydrogens is 370 g/mol. The zero-order valence-corrected chi connectivity index (χ0v) is 16.4. The van der Waals surface area contributed by atoms with Crippen LogP contribution >= 0.6 is 11.3 Å². The third kappa shape index (κ3) is 3.70. The quantitative estimate of drug-likeness (QED) is 0.561. The molecule has 1 aromatic carbocycles. The number of amides is 1. The number of hydrogen-bond donors (Lipinski definition) is 1. The normalized spacial score (nSPS) is 10.8. The molecule has 0 radical (unpaired) electrons. The van der Waals surface area contributed by atoms with Crippen LogP contribution in [-0.2, 0) is 6.54 Å². The van der Waals surface area contributed by atoms with Gasteiger partial charge in [-0.2, -0.15) is 0 Å². The van der Waals surface area contributed by atoms with Crippen LogP contribution < -0.4 is 5.32 Å². The number of rotatable bonds is 5. The predicted octanol–water partition coefficient (Wildman–Crippen LogP) is 3.94. The molecule has 28 heavy (non-hydrogen) atoms. The van der Waals surface area contributed by atoms with E-state index in [2.05, 4.69) is 20.3 Å². The fourth-order valence-electron chi connectivity index (χ4n) is 2.86. The highest BCUT2D eigenvalue weighted by atomic mass is 32.1. The summed E-state index contributed by atoms with van der Waals surface area (Å²) in [5.74, 6) is 1.56. The summed E-state index contributed by atoms with van der Waals surface area (Å²) in [5, 5.41) is 3.81. The first-order valence-corrected chi connectivity index (χ1v) is 9.70. The molecule has 0 spiro atoms. The lowest BCUT2D eigenvalue weighted by atomic mass is 10.2. The molecule has 140 valence electrons. The molecule has 0 saturated carbocycles. The van der Waals surface area contributed by atoms with Crippen LogP contribution in [0.5, 0.6) is 0 Å². The van der Waals surface area contributed by atoms with Gasteiger partial charge in [0.1, 0.15) is 21.5 Å². The van der Waals surface area contributed by atoms with Gasteiger partial charge >= 0.3 is 0 Å². The molecule has 0 unspecified atom stereocenters. The summed E-state index contributed by atoms with van der Waals surface area (Å²) in [6, 6.07) is 13.8. The van der Waals surface area contributed by atoms with Gasteiger partial charge in [-0.25, -0.2) is 15.0 Å². The Morgan fingerprint density at radius 2 is 1.93 bits per heavy atom. The fraction of sp³-hybridized carbons (Fsp3) is 0.143. The van der Waals surface area contributed by atoms with Crippen LogP contribution in [0.4, 0.5) is 0 Å². The van der Waals surface area contributed by atoms with Crippen molar-refractivity contribution in [2.45, 2.75) is 20.4 Å². The number of aryl methyl sites for hydroxylation is 2. The number of thiazole rings is 1. The second-order valence-corrected chi connectivity index (χ2v) is 7.35. The Labute approximate surface area is 166 Å². The van der Waals surface area contributed by atoms with Gasteiger partial charge in [0.15, 0.2) is 0 Å². The Bertz CT molecular complexity index is 1100. The van der Waals surface area contributed by atoms with Crippen LogP contribution in [0.1, 0.15) is 26.8 Å². The standard InChI is InChI=1S/C21H19N5OS/c1-14-19(28-21(25-14)17-6-4-3-5-7-17)20(27)24-13-16-8-9-18(23-12-16)26-11-10-22-15(26)2/h3-12H,13H2,1-2H3,(H,24,27). The number of aromatic nitrogens is 4. The monoisotopic (exact) mass is 389 g/mol. The van der Waals surface area contributed by atoms with Crippen molar-refractivity contribution in [3.05, 3.63) is 83.0 Å². The molecule has 4 aromatic rings. The van der Waals surface area contributed by atoms with E-state index in [1.54, 1.807) is 12.4 Å². The number of nitrogens with one attached hydrogen (secondary N) is 1. The topological polar surface area (TPSA) is 72.7 Å². The predicted molar refractivity (Wildman–Crippen MR) is 110 cm³/mol. The summed E-state index contributed by atoms with van der Waals surface area (Å²) in [4.78, 5) is 26.4. The van der Waals surface area contributed by atoms with Crippen LogP contribution in [-0.4, -0.2) is 25.4 Å². The SMILES string of the molecule is Cc1nc(-c2ccccc2)sc1C(=O)NCc1ccc(-n2ccnc2C)nc1. The highest BCUT2D eigenvalue weighted by Crippen LogP contribution is 2.27. The molecule has 0 aliphatic rings. The molecule has 0 fully saturated rings. The maximum absolute atomic E-state index is 12.6. The average Bonchev–Trinajstić information content (AvgIpc) is 3.33. The third-order valence-corrected chi connectivity index (χ3v) is 5.56.